The topological polar surface area (TPSA) is 79.7 Å². The second kappa shape index (κ2) is 10.7. The van der Waals surface area contributed by atoms with Crippen LogP contribution >= 0.6 is 11.3 Å². The fourth-order valence-corrected chi connectivity index (χ4v) is 6.08. The molecule has 5 rings (SSSR count). The molecule has 36 heavy (non-hydrogen) atoms. The third kappa shape index (κ3) is 4.77. The summed E-state index contributed by atoms with van der Waals surface area (Å²) in [6.45, 7) is 5.42. The number of aromatic nitrogens is 2. The van der Waals surface area contributed by atoms with Crippen LogP contribution in [0.3, 0.4) is 0 Å². The molecule has 5 heterocycles. The molecule has 10 heteroatoms. The standard InChI is InChI=1S/C26H32FN5O3S/c1-3-17-7-14-36-26(17)32-16-20(25(34)31-10-12-35-13-11-31)22(33)19-15-21(27)23(29-24(19)32)28-8-6-18-5-4-9-30(18)2/h7,14-16,18H,3-6,8-13H2,1-2H3,(H,28,29). The highest BCUT2D eigenvalue weighted by Crippen LogP contribution is 2.28. The number of hydrogen-bond acceptors (Lipinski definition) is 7. The van der Waals surface area contributed by atoms with E-state index in [9.17, 15) is 9.59 Å². The van der Waals surface area contributed by atoms with Gasteiger partial charge >= 0.3 is 0 Å². The first kappa shape index (κ1) is 24.9. The minimum atomic E-state index is -0.594. The van der Waals surface area contributed by atoms with Crippen molar-refractivity contribution in [2.75, 3.05) is 51.8 Å². The Morgan fingerprint density at radius 1 is 1.31 bits per heavy atom. The van der Waals surface area contributed by atoms with Gasteiger partial charge in [0.05, 0.1) is 18.6 Å². The van der Waals surface area contributed by atoms with Crippen LogP contribution in [-0.4, -0.2) is 77.7 Å². The van der Waals surface area contributed by atoms with Gasteiger partial charge in [0.1, 0.15) is 10.6 Å². The zero-order valence-corrected chi connectivity index (χ0v) is 21.6. The van der Waals surface area contributed by atoms with Crippen LogP contribution in [0.5, 0.6) is 0 Å². The van der Waals surface area contributed by atoms with Gasteiger partial charge in [0.25, 0.3) is 5.91 Å². The van der Waals surface area contributed by atoms with Gasteiger partial charge in [0.2, 0.25) is 5.43 Å². The maximum atomic E-state index is 15.2. The molecule has 3 aromatic rings. The number of ether oxygens (including phenoxy) is 1. The molecule has 1 unspecified atom stereocenters. The molecule has 1 atom stereocenters. The minimum Gasteiger partial charge on any atom is -0.378 e. The summed E-state index contributed by atoms with van der Waals surface area (Å²) in [6.07, 6.45) is 5.57. The molecule has 1 N–H and O–H groups in total. The van der Waals surface area contributed by atoms with Gasteiger partial charge in [-0.05, 0) is 62.4 Å². The van der Waals surface area contributed by atoms with E-state index in [0.29, 0.717) is 44.5 Å². The molecule has 2 saturated heterocycles. The van der Waals surface area contributed by atoms with Crippen LogP contribution < -0.4 is 10.7 Å². The Balaban J connectivity index is 1.56. The number of carbonyl (C=O) groups excluding carboxylic acids is 1. The number of nitrogens with one attached hydrogen (secondary N) is 1. The van der Waals surface area contributed by atoms with Crippen molar-refractivity contribution >= 4 is 34.1 Å². The first-order chi connectivity index (χ1) is 17.5. The second-order valence-electron chi connectivity index (χ2n) is 9.43. The molecule has 0 aliphatic carbocycles. The van der Waals surface area contributed by atoms with Crippen molar-refractivity contribution in [1.82, 2.24) is 19.4 Å². The van der Waals surface area contributed by atoms with Crippen molar-refractivity contribution in [2.24, 2.45) is 0 Å². The number of halogens is 1. The predicted molar refractivity (Wildman–Crippen MR) is 140 cm³/mol. The normalized spacial score (nSPS) is 18.8. The molecule has 8 nitrogen and oxygen atoms in total. The molecule has 2 aliphatic heterocycles. The summed E-state index contributed by atoms with van der Waals surface area (Å²) in [7, 11) is 2.12. The Bertz CT molecular complexity index is 1320. The van der Waals surface area contributed by atoms with E-state index in [1.54, 1.807) is 15.7 Å². The van der Waals surface area contributed by atoms with Crippen LogP contribution in [0.1, 0.15) is 42.1 Å². The third-order valence-corrected chi connectivity index (χ3v) is 8.18. The number of morpholine rings is 1. The van der Waals surface area contributed by atoms with Gasteiger partial charge in [-0.1, -0.05) is 6.92 Å². The van der Waals surface area contributed by atoms with Crippen LogP contribution in [-0.2, 0) is 11.2 Å². The summed E-state index contributed by atoms with van der Waals surface area (Å²) in [5.41, 5.74) is 0.932. The lowest BCUT2D eigenvalue weighted by atomic mass is 10.1. The number of carbonyl (C=O) groups is 1. The molecule has 0 radical (unpaired) electrons. The average molecular weight is 514 g/mol. The third-order valence-electron chi connectivity index (χ3n) is 7.23. The number of rotatable bonds is 7. The van der Waals surface area contributed by atoms with Gasteiger partial charge in [-0.25, -0.2) is 9.37 Å². The minimum absolute atomic E-state index is 0.0195. The van der Waals surface area contributed by atoms with Crippen molar-refractivity contribution in [2.45, 2.75) is 38.6 Å². The monoisotopic (exact) mass is 513 g/mol. The number of anilines is 1. The fourth-order valence-electron chi connectivity index (χ4n) is 5.10. The Labute approximate surface area is 213 Å². The van der Waals surface area contributed by atoms with Crippen molar-refractivity contribution < 1.29 is 13.9 Å². The van der Waals surface area contributed by atoms with Crippen LogP contribution in [0, 0.1) is 5.82 Å². The molecule has 0 bridgehead atoms. The summed E-state index contributed by atoms with van der Waals surface area (Å²) in [5.74, 6) is -0.834. The SMILES string of the molecule is CCc1ccsc1-n1cc(C(=O)N2CCOCC2)c(=O)c2cc(F)c(NCCC3CCCN3C)nc21. The van der Waals surface area contributed by atoms with Crippen LogP contribution in [0.4, 0.5) is 10.2 Å². The van der Waals surface area contributed by atoms with Crippen molar-refractivity contribution in [1.29, 1.82) is 0 Å². The van der Waals surface area contributed by atoms with Crippen molar-refractivity contribution in [3.8, 4) is 5.00 Å². The summed E-state index contributed by atoms with van der Waals surface area (Å²) < 4.78 is 22.3. The zero-order valence-electron chi connectivity index (χ0n) is 20.8. The molecule has 3 aromatic heterocycles. The molecule has 2 fully saturated rings. The maximum Gasteiger partial charge on any atom is 0.259 e. The largest absolute Gasteiger partial charge is 0.378 e. The first-order valence-corrected chi connectivity index (χ1v) is 13.5. The van der Waals surface area contributed by atoms with Crippen LogP contribution in [0.25, 0.3) is 16.0 Å². The Morgan fingerprint density at radius 2 is 2.11 bits per heavy atom. The molecule has 0 aromatic carbocycles. The first-order valence-electron chi connectivity index (χ1n) is 12.6. The lowest BCUT2D eigenvalue weighted by molar-refractivity contribution is 0.0302. The van der Waals surface area contributed by atoms with E-state index in [1.807, 2.05) is 11.4 Å². The highest BCUT2D eigenvalue weighted by Gasteiger charge is 2.26. The van der Waals surface area contributed by atoms with Crippen LogP contribution in [0.2, 0.25) is 0 Å². The smallest absolute Gasteiger partial charge is 0.259 e. The van der Waals surface area contributed by atoms with E-state index < -0.39 is 11.2 Å². The fraction of sp³-hybridized carbons (Fsp3) is 0.500. The quantitative estimate of drug-likeness (QED) is 0.521. The van der Waals surface area contributed by atoms with Crippen molar-refractivity contribution in [3.05, 3.63) is 50.9 Å². The molecule has 1 amide bonds. The Hall–Kier alpha value is -2.82. The zero-order chi connectivity index (χ0) is 25.2. The van der Waals surface area contributed by atoms with Gasteiger partial charge in [0, 0.05) is 31.9 Å². The number of likely N-dealkylation sites (tertiary alicyclic amines) is 1. The van der Waals surface area contributed by atoms with E-state index in [4.69, 9.17) is 4.74 Å². The van der Waals surface area contributed by atoms with Gasteiger partial charge in [-0.15, -0.1) is 11.3 Å². The molecule has 0 saturated carbocycles. The number of hydrogen-bond donors (Lipinski definition) is 1. The number of fused-ring (bicyclic) bond motifs is 1. The van der Waals surface area contributed by atoms with Crippen molar-refractivity contribution in [3.63, 3.8) is 0 Å². The molecular formula is C26H32FN5O3S. The lowest BCUT2D eigenvalue weighted by Gasteiger charge is -2.27. The average Bonchev–Trinajstić information content (AvgIpc) is 3.54. The Kier molecular flexibility index (Phi) is 7.36. The van der Waals surface area contributed by atoms with E-state index >= 15 is 4.39 Å². The van der Waals surface area contributed by atoms with E-state index in [1.165, 1.54) is 23.8 Å². The van der Waals surface area contributed by atoms with Gasteiger partial charge in [0.15, 0.2) is 17.3 Å². The molecular weight excluding hydrogens is 481 g/mol. The second-order valence-corrected chi connectivity index (χ2v) is 10.3. The number of pyridine rings is 2. The summed E-state index contributed by atoms with van der Waals surface area (Å²) in [5, 5.41) is 6.09. The highest BCUT2D eigenvalue weighted by atomic mass is 32.1. The summed E-state index contributed by atoms with van der Waals surface area (Å²) in [6, 6.07) is 3.72. The van der Waals surface area contributed by atoms with Gasteiger partial charge < -0.3 is 19.9 Å². The number of amides is 1. The number of nitrogens with zero attached hydrogens (tertiary/aromatic N) is 4. The van der Waals surface area contributed by atoms with E-state index in [-0.39, 0.29) is 22.7 Å². The molecule has 192 valence electrons. The van der Waals surface area contributed by atoms with Gasteiger partial charge in [-0.2, -0.15) is 0 Å². The molecule has 0 spiro atoms. The molecule has 2 aliphatic rings. The summed E-state index contributed by atoms with van der Waals surface area (Å²) >= 11 is 1.51. The van der Waals surface area contributed by atoms with Crippen LogP contribution in [0.15, 0.2) is 28.5 Å². The lowest BCUT2D eigenvalue weighted by Crippen LogP contribution is -2.42. The number of aryl methyl sites for hydroxylation is 1. The van der Waals surface area contributed by atoms with E-state index in [0.717, 1.165) is 36.4 Å². The number of thiophene rings is 1. The predicted octanol–water partition coefficient (Wildman–Crippen LogP) is 3.52. The van der Waals surface area contributed by atoms with Gasteiger partial charge in [-0.3, -0.25) is 14.2 Å². The maximum absolute atomic E-state index is 15.2. The summed E-state index contributed by atoms with van der Waals surface area (Å²) in [4.78, 5) is 35.3. The van der Waals surface area contributed by atoms with E-state index in [2.05, 4.69) is 29.2 Å². The highest BCUT2D eigenvalue weighted by molar-refractivity contribution is 7.12. The Morgan fingerprint density at radius 3 is 2.83 bits per heavy atom.